The van der Waals surface area contributed by atoms with Gasteiger partial charge in [-0.3, -0.25) is 32.7 Å². The van der Waals surface area contributed by atoms with Crippen molar-refractivity contribution in [2.24, 2.45) is 5.41 Å². The largest absolute Gasteiger partial charge is 0.475 e. The minimum absolute atomic E-state index is 0.0572. The van der Waals surface area contributed by atoms with E-state index in [-0.39, 0.29) is 13.0 Å². The second-order valence-corrected chi connectivity index (χ2v) is 11.8. The first kappa shape index (κ1) is 27.7. The first-order chi connectivity index (χ1) is 17.3. The van der Waals surface area contributed by atoms with Crippen LogP contribution in [0.15, 0.2) is 40.1 Å². The summed E-state index contributed by atoms with van der Waals surface area (Å²) < 4.78 is 55.9. The first-order valence-electron chi connectivity index (χ1n) is 11.5. The summed E-state index contributed by atoms with van der Waals surface area (Å²) in [6.45, 7) is 4.69. The molecule has 202 valence electrons. The van der Waals surface area contributed by atoms with Crippen LogP contribution in [0.5, 0.6) is 0 Å². The molecule has 37 heavy (non-hydrogen) atoms. The summed E-state index contributed by atoms with van der Waals surface area (Å²) in [5.41, 5.74) is -2.23. The molecule has 2 aliphatic rings. The molecule has 0 spiro atoms. The number of aromatic nitrogens is 2. The van der Waals surface area contributed by atoms with Crippen molar-refractivity contribution in [3.8, 4) is 0 Å². The number of nitrogens with one attached hydrogen (secondary N) is 1. The summed E-state index contributed by atoms with van der Waals surface area (Å²) in [7, 11) is -4.05. The van der Waals surface area contributed by atoms with Crippen LogP contribution in [-0.2, 0) is 32.4 Å². The highest BCUT2D eigenvalue weighted by atomic mass is 35.5. The van der Waals surface area contributed by atoms with Gasteiger partial charge in [0.1, 0.15) is 18.4 Å². The van der Waals surface area contributed by atoms with Crippen molar-refractivity contribution in [1.29, 1.82) is 0 Å². The van der Waals surface area contributed by atoms with E-state index in [1.165, 1.54) is 0 Å². The molecule has 5 atom stereocenters. The second-order valence-electron chi connectivity index (χ2n) is 9.72. The highest BCUT2D eigenvalue weighted by Crippen LogP contribution is 2.57. The van der Waals surface area contributed by atoms with E-state index in [0.29, 0.717) is 23.2 Å². The van der Waals surface area contributed by atoms with Crippen molar-refractivity contribution in [1.82, 2.24) is 9.55 Å². The number of benzene rings is 1. The Morgan fingerprint density at radius 2 is 2.08 bits per heavy atom. The van der Waals surface area contributed by atoms with Gasteiger partial charge in [0.2, 0.25) is 5.82 Å². The molecule has 2 aliphatic heterocycles. The minimum Gasteiger partial charge on any atom is -0.459 e. The van der Waals surface area contributed by atoms with Crippen molar-refractivity contribution in [3.63, 3.8) is 0 Å². The number of esters is 1. The lowest BCUT2D eigenvalue weighted by atomic mass is 9.97. The van der Waals surface area contributed by atoms with Crippen LogP contribution in [-0.4, -0.2) is 40.9 Å². The van der Waals surface area contributed by atoms with Gasteiger partial charge in [-0.05, 0) is 38.5 Å². The van der Waals surface area contributed by atoms with E-state index in [9.17, 15) is 23.3 Å². The Morgan fingerprint density at radius 1 is 1.32 bits per heavy atom. The fourth-order valence-corrected chi connectivity index (χ4v) is 5.40. The Bertz CT molecular complexity index is 1320. The molecule has 11 nitrogen and oxygen atoms in total. The van der Waals surface area contributed by atoms with Gasteiger partial charge in [0.15, 0.2) is 0 Å². The van der Waals surface area contributed by atoms with Crippen molar-refractivity contribution in [3.05, 3.63) is 67.7 Å². The molecule has 3 heterocycles. The van der Waals surface area contributed by atoms with Crippen LogP contribution in [0.2, 0.25) is 5.02 Å². The predicted octanol–water partition coefficient (Wildman–Crippen LogP) is 3.88. The van der Waals surface area contributed by atoms with E-state index in [1.807, 2.05) is 4.98 Å². The van der Waals surface area contributed by atoms with Gasteiger partial charge >= 0.3 is 19.5 Å². The van der Waals surface area contributed by atoms with Crippen LogP contribution in [0.3, 0.4) is 0 Å². The number of carbonyl (C=O) groups excluding carboxylic acids is 1. The van der Waals surface area contributed by atoms with Gasteiger partial charge in [-0.2, -0.15) is 4.39 Å². The minimum atomic E-state index is -4.05. The predicted molar refractivity (Wildman–Crippen MR) is 129 cm³/mol. The molecule has 2 fully saturated rings. The van der Waals surface area contributed by atoms with Gasteiger partial charge in [-0.1, -0.05) is 23.7 Å². The van der Waals surface area contributed by atoms with E-state index in [0.717, 1.165) is 4.57 Å². The van der Waals surface area contributed by atoms with Gasteiger partial charge in [0.25, 0.3) is 5.56 Å². The number of H-pyrrole nitrogens is 1. The molecular formula is C23H27ClFN2O9P. The van der Waals surface area contributed by atoms with Crippen LogP contribution < -0.4 is 11.2 Å². The molecule has 1 aromatic heterocycles. The number of ether oxygens (including phenoxy) is 2. The van der Waals surface area contributed by atoms with Crippen LogP contribution >= 0.6 is 19.4 Å². The molecule has 0 aliphatic carbocycles. The van der Waals surface area contributed by atoms with Crippen LogP contribution in [0.25, 0.3) is 0 Å². The number of halogens is 2. The van der Waals surface area contributed by atoms with E-state index in [4.69, 9.17) is 34.6 Å². The molecule has 2 unspecified atom stereocenters. The smallest absolute Gasteiger partial charge is 0.459 e. The number of nitrogens with zero attached hydrogens (tertiary/aromatic N) is 1. The number of carbonyl (C=O) groups is 1. The van der Waals surface area contributed by atoms with Crippen LogP contribution in [0, 0.1) is 11.2 Å². The Labute approximate surface area is 216 Å². The maximum absolute atomic E-state index is 13.9. The van der Waals surface area contributed by atoms with Crippen molar-refractivity contribution >= 4 is 25.4 Å². The summed E-state index contributed by atoms with van der Waals surface area (Å²) in [6, 6.07) is 6.91. The Morgan fingerprint density at radius 3 is 2.78 bits per heavy atom. The Kier molecular flexibility index (Phi) is 8.08. The normalized spacial score (nSPS) is 28.2. The molecule has 2 aromatic rings. The summed E-state index contributed by atoms with van der Waals surface area (Å²) in [5, 5.41) is 0.492. The van der Waals surface area contributed by atoms with Crippen molar-refractivity contribution < 1.29 is 36.8 Å². The highest BCUT2D eigenvalue weighted by Gasteiger charge is 2.44. The third-order valence-electron chi connectivity index (χ3n) is 5.79. The van der Waals surface area contributed by atoms with E-state index in [2.05, 4.69) is 0 Å². The lowest BCUT2D eigenvalue weighted by Crippen LogP contribution is -2.35. The molecule has 14 heteroatoms. The topological polar surface area (TPSA) is 135 Å². The maximum Gasteiger partial charge on any atom is 0.475 e. The molecule has 0 saturated carbocycles. The highest BCUT2D eigenvalue weighted by molar-refractivity contribution is 7.48. The maximum atomic E-state index is 13.9. The number of hydrogen-bond acceptors (Lipinski definition) is 9. The number of rotatable bonds is 6. The Balaban J connectivity index is 1.51. The fraction of sp³-hybridized carbons (Fsp3) is 0.522. The second kappa shape index (κ2) is 10.8. The molecule has 0 amide bonds. The van der Waals surface area contributed by atoms with Gasteiger partial charge in [-0.15, -0.1) is 0 Å². The number of hydrogen-bond donors (Lipinski definition) is 1. The monoisotopic (exact) mass is 560 g/mol. The molecule has 0 bridgehead atoms. The quantitative estimate of drug-likeness (QED) is 0.412. The molecule has 0 radical (unpaired) electrons. The SMILES string of the molecule is CC(C)(C)C(=O)O[C@H]1C[C@H](n2cc(F)c(=O)[nH]c2=O)O[C@@H]1COP1(=O)OCCC(c2cccc(Cl)c2)O1. The zero-order valence-corrected chi connectivity index (χ0v) is 22.0. The number of phosphoric ester groups is 1. The number of phosphoric acid groups is 1. The lowest BCUT2D eigenvalue weighted by Gasteiger charge is -2.30. The van der Waals surface area contributed by atoms with Gasteiger partial charge in [-0.25, -0.2) is 9.36 Å². The summed E-state index contributed by atoms with van der Waals surface area (Å²) in [4.78, 5) is 38.1. The summed E-state index contributed by atoms with van der Waals surface area (Å²) >= 11 is 6.05. The average molecular weight is 561 g/mol. The van der Waals surface area contributed by atoms with Gasteiger partial charge in [0.05, 0.1) is 30.9 Å². The first-order valence-corrected chi connectivity index (χ1v) is 13.4. The zero-order valence-electron chi connectivity index (χ0n) is 20.3. The van der Waals surface area contributed by atoms with E-state index >= 15 is 0 Å². The third-order valence-corrected chi connectivity index (χ3v) is 7.50. The Hall–Kier alpha value is -2.34. The molecule has 4 rings (SSSR count). The lowest BCUT2D eigenvalue weighted by molar-refractivity contribution is -0.162. The number of aromatic amines is 1. The van der Waals surface area contributed by atoms with Crippen molar-refractivity contribution in [2.45, 2.75) is 58.2 Å². The van der Waals surface area contributed by atoms with Crippen LogP contribution in [0.1, 0.15) is 51.5 Å². The molecule has 1 N–H and O–H groups in total. The van der Waals surface area contributed by atoms with E-state index < -0.39 is 67.4 Å². The van der Waals surface area contributed by atoms with Gasteiger partial charge in [0, 0.05) is 17.9 Å². The molecular weight excluding hydrogens is 534 g/mol. The standard InChI is InChI=1S/C23H27ClFN2O9P/c1-23(2,3)21(29)35-17-10-19(27-11-15(25)20(28)26-22(27)30)34-18(17)12-33-37(31)32-8-7-16(36-37)13-5-4-6-14(24)9-13/h4-6,9,11,16-19H,7-8,10,12H2,1-3H3,(H,26,28,30)/t16?,17-,18+,19+,37?/m0/s1. The summed E-state index contributed by atoms with van der Waals surface area (Å²) in [5.74, 6) is -1.74. The molecule has 2 saturated heterocycles. The average Bonchev–Trinajstić information content (AvgIpc) is 3.22. The third kappa shape index (κ3) is 6.57. The van der Waals surface area contributed by atoms with Gasteiger partial charge < -0.3 is 9.47 Å². The van der Waals surface area contributed by atoms with Crippen molar-refractivity contribution in [2.75, 3.05) is 13.2 Å². The van der Waals surface area contributed by atoms with Crippen LogP contribution in [0.4, 0.5) is 4.39 Å². The van der Waals surface area contributed by atoms with E-state index in [1.54, 1.807) is 45.0 Å². The fourth-order valence-electron chi connectivity index (χ4n) is 3.81. The molecule has 1 aromatic carbocycles. The zero-order chi connectivity index (χ0) is 27.0. The summed E-state index contributed by atoms with van der Waals surface area (Å²) in [6.07, 6.45) is -2.57.